The van der Waals surface area contributed by atoms with Crippen LogP contribution >= 0.6 is 0 Å². The quantitative estimate of drug-likeness (QED) is 0.401. The second-order valence-electron chi connectivity index (χ2n) is 3.74. The van der Waals surface area contributed by atoms with Crippen molar-refractivity contribution in [2.24, 2.45) is 0 Å². The summed E-state index contributed by atoms with van der Waals surface area (Å²) in [5.74, 6) is -0.0846. The number of unbranched alkanes of at least 4 members (excludes halogenated alkanes) is 1. The number of aromatic nitrogens is 2. The number of imidazole rings is 1. The summed E-state index contributed by atoms with van der Waals surface area (Å²) in [7, 11) is 0. The van der Waals surface area contributed by atoms with Gasteiger partial charge in [-0.1, -0.05) is 0 Å². The third-order valence-electron chi connectivity index (χ3n) is 2.46. The molecule has 1 heterocycles. The first-order valence-electron chi connectivity index (χ1n) is 5.96. The van der Waals surface area contributed by atoms with Crippen LogP contribution in [0.1, 0.15) is 33.1 Å². The van der Waals surface area contributed by atoms with Gasteiger partial charge in [-0.2, -0.15) is 0 Å². The smallest absolute Gasteiger partial charge is 0.305 e. The third kappa shape index (κ3) is 4.47. The molecule has 0 saturated carbocycles. The number of esters is 1. The average Bonchev–Trinajstić information content (AvgIpc) is 2.73. The number of hydrogen-bond donors (Lipinski definition) is 0. The summed E-state index contributed by atoms with van der Waals surface area (Å²) in [6, 6.07) is 0. The van der Waals surface area contributed by atoms with E-state index in [-0.39, 0.29) is 5.97 Å². The van der Waals surface area contributed by atoms with Crippen LogP contribution in [0.2, 0.25) is 0 Å². The lowest BCUT2D eigenvalue weighted by atomic mass is 10.2. The number of carbonyl (C=O) groups excluding carboxylic acids is 1. The minimum atomic E-state index is -0.0846. The van der Waals surface area contributed by atoms with Gasteiger partial charge < -0.3 is 4.74 Å². The van der Waals surface area contributed by atoms with Gasteiger partial charge in [0.05, 0.1) is 19.7 Å². The predicted octanol–water partition coefficient (Wildman–Crippen LogP) is 1.53. The van der Waals surface area contributed by atoms with Crippen molar-refractivity contribution in [2.45, 2.75) is 46.2 Å². The van der Waals surface area contributed by atoms with Gasteiger partial charge >= 0.3 is 5.97 Å². The summed E-state index contributed by atoms with van der Waals surface area (Å²) >= 11 is 0. The number of nitrogens with zero attached hydrogens (tertiary/aromatic N) is 2. The van der Waals surface area contributed by atoms with Crippen molar-refractivity contribution in [1.29, 1.82) is 0 Å². The lowest BCUT2D eigenvalue weighted by Gasteiger charge is -2.00. The fourth-order valence-electron chi connectivity index (χ4n) is 1.55. The monoisotopic (exact) mass is 225 g/mol. The highest BCUT2D eigenvalue weighted by Gasteiger charge is 2.04. The highest BCUT2D eigenvalue weighted by molar-refractivity contribution is 5.69. The van der Waals surface area contributed by atoms with E-state index < -0.39 is 0 Å². The molecular formula is C12H21N2O2+. The molecule has 0 aliphatic carbocycles. The molecule has 4 heteroatoms. The number of hydrogen-bond acceptors (Lipinski definition) is 2. The normalized spacial score (nSPS) is 10.4. The maximum Gasteiger partial charge on any atom is 0.305 e. The number of ether oxygens (including phenoxy) is 1. The number of carbonyl (C=O) groups is 1. The zero-order valence-corrected chi connectivity index (χ0v) is 10.2. The van der Waals surface area contributed by atoms with Crippen molar-refractivity contribution in [3.63, 3.8) is 0 Å². The summed E-state index contributed by atoms with van der Waals surface area (Å²) in [6.07, 6.45) is 8.65. The Hall–Kier alpha value is -1.32. The molecule has 0 amide bonds. The van der Waals surface area contributed by atoms with E-state index in [2.05, 4.69) is 34.8 Å². The second kappa shape index (κ2) is 7.04. The van der Waals surface area contributed by atoms with Crippen molar-refractivity contribution in [3.8, 4) is 0 Å². The first-order chi connectivity index (χ1) is 7.76. The average molecular weight is 225 g/mol. The first-order valence-corrected chi connectivity index (χ1v) is 5.96. The van der Waals surface area contributed by atoms with E-state index in [4.69, 9.17) is 4.74 Å². The molecule has 1 aromatic rings. The van der Waals surface area contributed by atoms with E-state index >= 15 is 0 Å². The Kier molecular flexibility index (Phi) is 5.61. The molecule has 0 aliphatic rings. The van der Waals surface area contributed by atoms with E-state index in [1.54, 1.807) is 0 Å². The van der Waals surface area contributed by atoms with E-state index in [0.717, 1.165) is 25.9 Å². The highest BCUT2D eigenvalue weighted by Crippen LogP contribution is 1.97. The van der Waals surface area contributed by atoms with Crippen molar-refractivity contribution < 1.29 is 14.1 Å². The fraction of sp³-hybridized carbons (Fsp3) is 0.667. The van der Waals surface area contributed by atoms with Gasteiger partial charge in [-0.25, -0.2) is 9.13 Å². The molecule has 0 unspecified atom stereocenters. The topological polar surface area (TPSA) is 35.1 Å². The minimum Gasteiger partial charge on any atom is -0.466 e. The van der Waals surface area contributed by atoms with Gasteiger partial charge in [0.15, 0.2) is 0 Å². The molecule has 16 heavy (non-hydrogen) atoms. The predicted molar refractivity (Wildman–Crippen MR) is 60.8 cm³/mol. The van der Waals surface area contributed by atoms with Gasteiger partial charge in [0.1, 0.15) is 12.4 Å². The standard InChI is InChI=1S/C12H21N2O2/c1-3-13-9-10-14(11-13)8-6-5-7-12(15)16-4-2/h9-11H,3-8H2,1-2H3/q+1. The molecule has 0 N–H and O–H groups in total. The summed E-state index contributed by atoms with van der Waals surface area (Å²) in [4.78, 5) is 11.1. The number of aryl methyl sites for hydroxylation is 2. The Morgan fingerprint density at radius 2 is 2.19 bits per heavy atom. The van der Waals surface area contributed by atoms with Crippen molar-refractivity contribution >= 4 is 5.97 Å². The molecule has 0 radical (unpaired) electrons. The van der Waals surface area contributed by atoms with Gasteiger partial charge in [-0.3, -0.25) is 4.79 Å². The van der Waals surface area contributed by atoms with Crippen LogP contribution in [-0.4, -0.2) is 17.1 Å². The summed E-state index contributed by atoms with van der Waals surface area (Å²) in [5.41, 5.74) is 0. The van der Waals surface area contributed by atoms with Crippen LogP contribution in [0.3, 0.4) is 0 Å². The maximum atomic E-state index is 11.1. The Labute approximate surface area is 96.8 Å². The lowest BCUT2D eigenvalue weighted by Crippen LogP contribution is -2.30. The van der Waals surface area contributed by atoms with Crippen LogP contribution in [0.15, 0.2) is 18.7 Å². The highest BCUT2D eigenvalue weighted by atomic mass is 16.5. The van der Waals surface area contributed by atoms with Crippen molar-refractivity contribution in [1.82, 2.24) is 4.57 Å². The molecule has 0 saturated heterocycles. The minimum absolute atomic E-state index is 0.0846. The van der Waals surface area contributed by atoms with E-state index in [0.29, 0.717) is 13.0 Å². The van der Waals surface area contributed by atoms with Gasteiger partial charge in [0.2, 0.25) is 6.33 Å². The van der Waals surface area contributed by atoms with E-state index in [1.807, 2.05) is 6.92 Å². The Morgan fingerprint density at radius 3 is 2.81 bits per heavy atom. The van der Waals surface area contributed by atoms with Crippen LogP contribution in [0.25, 0.3) is 0 Å². The Morgan fingerprint density at radius 1 is 1.38 bits per heavy atom. The molecule has 0 fully saturated rings. The van der Waals surface area contributed by atoms with E-state index in [1.165, 1.54) is 0 Å². The Balaban J connectivity index is 2.13. The SMILES string of the molecule is CCOC(=O)CCCC[n+]1ccn(CC)c1. The van der Waals surface area contributed by atoms with Gasteiger partial charge in [0, 0.05) is 6.42 Å². The third-order valence-corrected chi connectivity index (χ3v) is 2.46. The van der Waals surface area contributed by atoms with Crippen LogP contribution < -0.4 is 4.57 Å². The summed E-state index contributed by atoms with van der Waals surface area (Å²) in [6.45, 7) is 6.39. The molecule has 0 atom stereocenters. The molecule has 1 aromatic heterocycles. The van der Waals surface area contributed by atoms with Gasteiger partial charge in [-0.05, 0) is 26.7 Å². The van der Waals surface area contributed by atoms with Crippen molar-refractivity contribution in [3.05, 3.63) is 18.7 Å². The molecule has 0 aliphatic heterocycles. The second-order valence-corrected chi connectivity index (χ2v) is 3.74. The van der Waals surface area contributed by atoms with Crippen molar-refractivity contribution in [2.75, 3.05) is 6.61 Å². The fourth-order valence-corrected chi connectivity index (χ4v) is 1.55. The van der Waals surface area contributed by atoms with Crippen LogP contribution in [0.5, 0.6) is 0 Å². The van der Waals surface area contributed by atoms with E-state index in [9.17, 15) is 4.79 Å². The molecule has 0 aromatic carbocycles. The Bertz CT molecular complexity index is 321. The molecule has 1 rings (SSSR count). The zero-order valence-electron chi connectivity index (χ0n) is 10.2. The molecule has 0 bridgehead atoms. The van der Waals surface area contributed by atoms with Gasteiger partial charge in [0.25, 0.3) is 0 Å². The zero-order chi connectivity index (χ0) is 11.8. The number of rotatable bonds is 7. The maximum absolute atomic E-state index is 11.1. The largest absolute Gasteiger partial charge is 0.466 e. The molecular weight excluding hydrogens is 204 g/mol. The van der Waals surface area contributed by atoms with Crippen LogP contribution in [-0.2, 0) is 22.6 Å². The molecule has 4 nitrogen and oxygen atoms in total. The first kappa shape index (κ1) is 12.7. The lowest BCUT2D eigenvalue weighted by molar-refractivity contribution is -0.696. The van der Waals surface area contributed by atoms with Crippen LogP contribution in [0.4, 0.5) is 0 Å². The molecule has 90 valence electrons. The molecule has 0 spiro atoms. The van der Waals surface area contributed by atoms with Gasteiger partial charge in [-0.15, -0.1) is 0 Å². The summed E-state index contributed by atoms with van der Waals surface area (Å²) < 4.78 is 9.14. The van der Waals surface area contributed by atoms with Crippen LogP contribution in [0, 0.1) is 0 Å². The summed E-state index contributed by atoms with van der Waals surface area (Å²) in [5, 5.41) is 0.